The van der Waals surface area contributed by atoms with Gasteiger partial charge < -0.3 is 24.8 Å². The average molecular weight is 607 g/mol. The third-order valence-corrected chi connectivity index (χ3v) is 5.94. The number of carbonyl (C=O) groups is 4. The Labute approximate surface area is 222 Å². The van der Waals surface area contributed by atoms with Crippen molar-refractivity contribution in [3.63, 3.8) is 0 Å². The smallest absolute Gasteiger partial charge is 0.344 e. The molecular weight excluding hydrogens is 581 g/mol. The summed E-state index contributed by atoms with van der Waals surface area (Å²) in [6.45, 7) is 3.20. The zero-order valence-electron chi connectivity index (χ0n) is 20.1. The molecule has 3 rings (SSSR count). The molecule has 4 amide bonds. The van der Waals surface area contributed by atoms with Crippen LogP contribution in [0.2, 0.25) is 0 Å². The number of anilines is 1. The number of nitrogens with one attached hydrogen (secondary N) is 2. The van der Waals surface area contributed by atoms with Crippen LogP contribution in [0.5, 0.6) is 11.5 Å². The fraction of sp³-hybridized carbons (Fsp3) is 0.280. The van der Waals surface area contributed by atoms with E-state index in [1.54, 1.807) is 31.2 Å². The van der Waals surface area contributed by atoms with Gasteiger partial charge in [0.15, 0.2) is 18.1 Å². The predicted molar refractivity (Wildman–Crippen MR) is 141 cm³/mol. The summed E-state index contributed by atoms with van der Waals surface area (Å²) >= 11 is 2.01. The lowest BCUT2D eigenvalue weighted by Gasteiger charge is -2.14. The molecule has 0 bridgehead atoms. The number of urea groups is 1. The predicted octanol–water partition coefficient (Wildman–Crippen LogP) is 3.34. The Morgan fingerprint density at radius 3 is 2.61 bits per heavy atom. The van der Waals surface area contributed by atoms with E-state index in [9.17, 15) is 19.2 Å². The molecule has 2 aromatic rings. The number of imide groups is 1. The number of halogens is 1. The Hall–Kier alpha value is -3.61. The van der Waals surface area contributed by atoms with Crippen molar-refractivity contribution in [3.8, 4) is 11.5 Å². The van der Waals surface area contributed by atoms with E-state index in [0.29, 0.717) is 26.3 Å². The maximum atomic E-state index is 12.9. The minimum absolute atomic E-state index is 0.0137. The van der Waals surface area contributed by atoms with Crippen molar-refractivity contribution in [2.45, 2.75) is 20.3 Å². The number of methoxy groups -OCH3 is 1. The largest absolute Gasteiger partial charge is 0.493 e. The van der Waals surface area contributed by atoms with Crippen LogP contribution >= 0.6 is 22.6 Å². The second kappa shape index (κ2) is 12.4. The maximum absolute atomic E-state index is 12.9. The molecule has 1 aliphatic rings. The molecule has 1 saturated heterocycles. The molecule has 10 nitrogen and oxygen atoms in total. The summed E-state index contributed by atoms with van der Waals surface area (Å²) in [6.07, 6.45) is 2.20. The number of hydrogen-bond donors (Lipinski definition) is 2. The lowest BCUT2D eigenvalue weighted by molar-refractivity contribution is -0.145. The Balaban J connectivity index is 1.73. The number of benzene rings is 2. The number of aryl methyl sites for hydroxylation is 1. The fourth-order valence-electron chi connectivity index (χ4n) is 3.46. The molecule has 11 heteroatoms. The second-order valence-electron chi connectivity index (χ2n) is 7.57. The van der Waals surface area contributed by atoms with Gasteiger partial charge in [0.25, 0.3) is 5.91 Å². The van der Waals surface area contributed by atoms with Gasteiger partial charge in [-0.2, -0.15) is 0 Å². The van der Waals surface area contributed by atoms with Crippen LogP contribution < -0.4 is 20.1 Å². The van der Waals surface area contributed by atoms with Crippen molar-refractivity contribution in [1.29, 1.82) is 0 Å². The molecule has 0 unspecified atom stereocenters. The SMILES string of the molecule is CCOC(=O)COc1c(I)cc(/C=C2/NC(=O)N(CC(=O)Nc3ccccc3CC)C2=O)cc1OC. The highest BCUT2D eigenvalue weighted by Gasteiger charge is 2.35. The highest BCUT2D eigenvalue weighted by molar-refractivity contribution is 14.1. The highest BCUT2D eigenvalue weighted by Crippen LogP contribution is 2.35. The van der Waals surface area contributed by atoms with E-state index < -0.39 is 30.4 Å². The van der Waals surface area contributed by atoms with Crippen LogP contribution in [-0.2, 0) is 25.5 Å². The molecule has 36 heavy (non-hydrogen) atoms. The molecule has 0 aliphatic carbocycles. The monoisotopic (exact) mass is 607 g/mol. The first-order valence-electron chi connectivity index (χ1n) is 11.2. The Morgan fingerprint density at radius 1 is 1.17 bits per heavy atom. The van der Waals surface area contributed by atoms with Crippen LogP contribution in [0.15, 0.2) is 42.1 Å². The first-order chi connectivity index (χ1) is 17.3. The summed E-state index contributed by atoms with van der Waals surface area (Å²) in [4.78, 5) is 50.3. The van der Waals surface area contributed by atoms with Crippen LogP contribution in [0, 0.1) is 3.57 Å². The molecular formula is C25H26IN3O7. The highest BCUT2D eigenvalue weighted by atomic mass is 127. The molecule has 0 spiro atoms. The Bertz CT molecular complexity index is 1210. The lowest BCUT2D eigenvalue weighted by atomic mass is 10.1. The molecule has 2 N–H and O–H groups in total. The zero-order chi connectivity index (χ0) is 26.2. The van der Waals surface area contributed by atoms with E-state index in [1.807, 2.05) is 41.6 Å². The molecule has 190 valence electrons. The molecule has 0 aromatic heterocycles. The van der Waals surface area contributed by atoms with Crippen molar-refractivity contribution in [2.24, 2.45) is 0 Å². The fourth-order valence-corrected chi connectivity index (χ4v) is 4.24. The van der Waals surface area contributed by atoms with Crippen molar-refractivity contribution >= 4 is 58.2 Å². The van der Waals surface area contributed by atoms with Crippen LogP contribution in [0.25, 0.3) is 6.08 Å². The van der Waals surface area contributed by atoms with Gasteiger partial charge in [0.05, 0.1) is 17.3 Å². The lowest BCUT2D eigenvalue weighted by Crippen LogP contribution is -2.38. The molecule has 1 fully saturated rings. The van der Waals surface area contributed by atoms with Crippen molar-refractivity contribution < 1.29 is 33.4 Å². The normalized spacial score (nSPS) is 14.0. The van der Waals surface area contributed by atoms with Gasteiger partial charge in [0.2, 0.25) is 5.91 Å². The average Bonchev–Trinajstić information content (AvgIpc) is 3.10. The van der Waals surface area contributed by atoms with Gasteiger partial charge in [0, 0.05) is 5.69 Å². The van der Waals surface area contributed by atoms with E-state index in [-0.39, 0.29) is 18.9 Å². The standard InChI is InChI=1S/C25H26IN3O7/c1-4-16-8-6-7-9-18(16)27-21(30)13-29-24(32)19(28-25(29)33)11-15-10-17(26)23(20(12-15)34-3)36-14-22(31)35-5-2/h6-12H,4-5,13-14H2,1-3H3,(H,27,30)(H,28,33)/b19-11+. The Kier molecular flexibility index (Phi) is 9.28. The topological polar surface area (TPSA) is 123 Å². The summed E-state index contributed by atoms with van der Waals surface area (Å²) in [5.74, 6) is -0.944. The van der Waals surface area contributed by atoms with E-state index in [1.165, 1.54) is 13.2 Å². The van der Waals surface area contributed by atoms with Crippen molar-refractivity contribution in [1.82, 2.24) is 10.2 Å². The molecule has 2 aromatic carbocycles. The molecule has 0 atom stereocenters. The van der Waals surface area contributed by atoms with Crippen LogP contribution in [-0.4, -0.2) is 55.6 Å². The van der Waals surface area contributed by atoms with Gasteiger partial charge in [-0.3, -0.25) is 9.59 Å². The van der Waals surface area contributed by atoms with Gasteiger partial charge >= 0.3 is 12.0 Å². The van der Waals surface area contributed by atoms with Crippen LogP contribution in [0.3, 0.4) is 0 Å². The number of rotatable bonds is 10. The van der Waals surface area contributed by atoms with Gasteiger partial charge in [-0.25, -0.2) is 14.5 Å². The first kappa shape index (κ1) is 27.0. The number of esters is 1. The number of nitrogens with zero attached hydrogens (tertiary/aromatic N) is 1. The summed E-state index contributed by atoms with van der Waals surface area (Å²) in [7, 11) is 1.44. The number of amides is 4. The second-order valence-corrected chi connectivity index (χ2v) is 8.73. The van der Waals surface area contributed by atoms with Crippen LogP contribution in [0.4, 0.5) is 10.5 Å². The van der Waals surface area contributed by atoms with E-state index in [4.69, 9.17) is 14.2 Å². The molecule has 1 aliphatic heterocycles. The molecule has 0 radical (unpaired) electrons. The van der Waals surface area contributed by atoms with E-state index in [2.05, 4.69) is 10.6 Å². The third-order valence-electron chi connectivity index (χ3n) is 5.14. The number of para-hydroxylation sites is 1. The summed E-state index contributed by atoms with van der Waals surface area (Å²) in [5.41, 5.74) is 2.15. The maximum Gasteiger partial charge on any atom is 0.344 e. The number of hydrogen-bond acceptors (Lipinski definition) is 7. The van der Waals surface area contributed by atoms with Gasteiger partial charge in [-0.15, -0.1) is 0 Å². The van der Waals surface area contributed by atoms with E-state index in [0.717, 1.165) is 16.9 Å². The van der Waals surface area contributed by atoms with E-state index >= 15 is 0 Å². The van der Waals surface area contributed by atoms with Gasteiger partial charge in [0.1, 0.15) is 12.2 Å². The van der Waals surface area contributed by atoms with Crippen LogP contribution in [0.1, 0.15) is 25.0 Å². The molecule has 1 heterocycles. The third kappa shape index (κ3) is 6.53. The Morgan fingerprint density at radius 2 is 1.92 bits per heavy atom. The number of ether oxygens (including phenoxy) is 3. The number of carbonyl (C=O) groups excluding carboxylic acids is 4. The minimum Gasteiger partial charge on any atom is -0.493 e. The van der Waals surface area contributed by atoms with Gasteiger partial charge in [-0.1, -0.05) is 25.1 Å². The molecule has 0 saturated carbocycles. The van der Waals surface area contributed by atoms with Gasteiger partial charge in [-0.05, 0) is 71.3 Å². The van der Waals surface area contributed by atoms with Crippen molar-refractivity contribution in [3.05, 3.63) is 56.8 Å². The minimum atomic E-state index is -0.693. The van der Waals surface area contributed by atoms with Crippen molar-refractivity contribution in [2.75, 3.05) is 32.2 Å². The first-order valence-corrected chi connectivity index (χ1v) is 12.2. The summed E-state index contributed by atoms with van der Waals surface area (Å²) in [6, 6.07) is 9.95. The quantitative estimate of drug-likeness (QED) is 0.184. The zero-order valence-corrected chi connectivity index (χ0v) is 22.2. The summed E-state index contributed by atoms with van der Waals surface area (Å²) < 4.78 is 16.4. The summed E-state index contributed by atoms with van der Waals surface area (Å²) in [5, 5.41) is 5.26.